The summed E-state index contributed by atoms with van der Waals surface area (Å²) in [5, 5.41) is 21.1. The normalized spacial score (nSPS) is 52.5. The third kappa shape index (κ3) is 3.39. The molecule has 4 saturated carbocycles. The van der Waals surface area contributed by atoms with Crippen LogP contribution in [0, 0.1) is 46.3 Å². The van der Waals surface area contributed by atoms with Gasteiger partial charge in [-0.1, -0.05) is 20.8 Å². The lowest BCUT2D eigenvalue weighted by Gasteiger charge is -2.62. The second-order valence-corrected chi connectivity index (χ2v) is 13.1. The highest BCUT2D eigenvalue weighted by molar-refractivity contribution is 5.10. The molecular weight excluding hydrogens is 344 g/mol. The van der Waals surface area contributed by atoms with Gasteiger partial charge in [0.1, 0.15) is 0 Å². The van der Waals surface area contributed by atoms with Gasteiger partial charge < -0.3 is 10.2 Å². The summed E-state index contributed by atoms with van der Waals surface area (Å²) >= 11 is 0. The summed E-state index contributed by atoms with van der Waals surface area (Å²) in [5.74, 6) is 4.80. The Hall–Kier alpha value is -0.0800. The van der Waals surface area contributed by atoms with Crippen molar-refractivity contribution in [2.75, 3.05) is 0 Å². The van der Waals surface area contributed by atoms with Gasteiger partial charge >= 0.3 is 0 Å². The van der Waals surface area contributed by atoms with Gasteiger partial charge in [0.2, 0.25) is 0 Å². The first kappa shape index (κ1) is 21.2. The Morgan fingerprint density at radius 1 is 0.893 bits per heavy atom. The molecule has 4 rings (SSSR count). The highest BCUT2D eigenvalue weighted by Crippen LogP contribution is 2.68. The van der Waals surface area contributed by atoms with E-state index in [1.54, 1.807) is 0 Å². The number of rotatable bonds is 3. The average molecular weight is 391 g/mol. The molecule has 0 bridgehead atoms. The number of aliphatic hydroxyl groups is 2. The third-order valence-corrected chi connectivity index (χ3v) is 10.5. The highest BCUT2D eigenvalue weighted by Gasteiger charge is 2.61. The van der Waals surface area contributed by atoms with E-state index in [1.807, 2.05) is 13.8 Å². The molecule has 0 radical (unpaired) electrons. The Bertz CT molecular complexity index is 590. The van der Waals surface area contributed by atoms with E-state index in [0.717, 1.165) is 48.9 Å². The van der Waals surface area contributed by atoms with Crippen molar-refractivity contribution < 1.29 is 10.2 Å². The van der Waals surface area contributed by atoms with Gasteiger partial charge in [0.25, 0.3) is 0 Å². The zero-order valence-corrected chi connectivity index (χ0v) is 19.4. The molecule has 2 nitrogen and oxygen atoms in total. The molecule has 2 N–H and O–H groups in total. The summed E-state index contributed by atoms with van der Waals surface area (Å²) in [4.78, 5) is 0. The summed E-state index contributed by atoms with van der Waals surface area (Å²) in [6.07, 6.45) is 12.5. The maximum atomic E-state index is 10.7. The van der Waals surface area contributed by atoms with Gasteiger partial charge in [-0.2, -0.15) is 0 Å². The number of fused-ring (bicyclic) bond motifs is 5. The van der Waals surface area contributed by atoms with Crippen LogP contribution in [0.1, 0.15) is 106 Å². The molecule has 28 heavy (non-hydrogen) atoms. The molecule has 0 aromatic heterocycles. The topological polar surface area (TPSA) is 40.5 Å². The monoisotopic (exact) mass is 390 g/mol. The zero-order chi connectivity index (χ0) is 20.5. The van der Waals surface area contributed by atoms with Gasteiger partial charge in [0.05, 0.1) is 11.2 Å². The first-order valence-corrected chi connectivity index (χ1v) is 12.3. The molecule has 0 aliphatic heterocycles. The molecule has 4 aliphatic rings. The Morgan fingerprint density at radius 3 is 2.25 bits per heavy atom. The number of hydrogen-bond donors (Lipinski definition) is 2. The van der Waals surface area contributed by atoms with Crippen molar-refractivity contribution in [1.29, 1.82) is 0 Å². The Morgan fingerprint density at radius 2 is 1.57 bits per heavy atom. The lowest BCUT2D eigenvalue weighted by Crippen LogP contribution is -2.55. The van der Waals surface area contributed by atoms with Crippen molar-refractivity contribution in [2.24, 2.45) is 46.3 Å². The molecule has 9 atom stereocenters. The van der Waals surface area contributed by atoms with Crippen molar-refractivity contribution >= 4 is 0 Å². The van der Waals surface area contributed by atoms with Gasteiger partial charge in [-0.05, 0) is 131 Å². The van der Waals surface area contributed by atoms with Crippen LogP contribution < -0.4 is 0 Å². The molecule has 0 heterocycles. The first-order chi connectivity index (χ1) is 12.9. The fourth-order valence-electron chi connectivity index (χ4n) is 9.34. The summed E-state index contributed by atoms with van der Waals surface area (Å²) < 4.78 is 0. The van der Waals surface area contributed by atoms with Crippen LogP contribution in [0.5, 0.6) is 0 Å². The molecule has 0 spiro atoms. The Kier molecular flexibility index (Phi) is 5.07. The van der Waals surface area contributed by atoms with E-state index in [1.165, 1.54) is 44.9 Å². The standard InChI is InChI=1S/C26H46O2/c1-17(15-23(2,3)27)20-9-10-21-19-8-7-18-16-24(4,28)13-14-25(18,5)22(19)11-12-26(20,21)6/h17-22,27-28H,7-16H2,1-6H3/t17-,18?,19?,20?,21?,22?,24+,25?,26?/m1/s1. The van der Waals surface area contributed by atoms with Crippen molar-refractivity contribution in [3.63, 3.8) is 0 Å². The van der Waals surface area contributed by atoms with Gasteiger partial charge in [-0.15, -0.1) is 0 Å². The first-order valence-electron chi connectivity index (χ1n) is 12.3. The summed E-state index contributed by atoms with van der Waals surface area (Å²) in [7, 11) is 0. The number of hydrogen-bond acceptors (Lipinski definition) is 2. The molecule has 7 unspecified atom stereocenters. The minimum absolute atomic E-state index is 0.425. The molecular formula is C26H46O2. The lowest BCUT2D eigenvalue weighted by atomic mass is 9.43. The van der Waals surface area contributed by atoms with E-state index in [4.69, 9.17) is 0 Å². The van der Waals surface area contributed by atoms with E-state index in [-0.39, 0.29) is 0 Å². The van der Waals surface area contributed by atoms with E-state index < -0.39 is 11.2 Å². The molecule has 4 fully saturated rings. The smallest absolute Gasteiger partial charge is 0.0622 e. The fourth-order valence-corrected chi connectivity index (χ4v) is 9.34. The van der Waals surface area contributed by atoms with Crippen molar-refractivity contribution in [2.45, 2.75) is 117 Å². The zero-order valence-electron chi connectivity index (χ0n) is 19.4. The SMILES string of the molecule is C[C@H](CC(C)(C)O)C1CCC2C3CCC4C[C@@](C)(O)CCC4(C)C3CCC21C. The fraction of sp³-hybridized carbons (Fsp3) is 1.00. The molecule has 0 aromatic rings. The van der Waals surface area contributed by atoms with E-state index >= 15 is 0 Å². The second-order valence-electron chi connectivity index (χ2n) is 13.1. The summed E-state index contributed by atoms with van der Waals surface area (Å²) in [5.41, 5.74) is -0.0285. The molecule has 4 aliphatic carbocycles. The van der Waals surface area contributed by atoms with Crippen LogP contribution >= 0.6 is 0 Å². The van der Waals surface area contributed by atoms with Crippen molar-refractivity contribution in [3.8, 4) is 0 Å². The van der Waals surface area contributed by atoms with Crippen LogP contribution in [0.3, 0.4) is 0 Å². The molecule has 2 heteroatoms. The quantitative estimate of drug-likeness (QED) is 0.603. The van der Waals surface area contributed by atoms with Gasteiger partial charge in [-0.25, -0.2) is 0 Å². The van der Waals surface area contributed by atoms with Crippen molar-refractivity contribution in [1.82, 2.24) is 0 Å². The van der Waals surface area contributed by atoms with Crippen molar-refractivity contribution in [3.05, 3.63) is 0 Å². The summed E-state index contributed by atoms with van der Waals surface area (Å²) in [6.45, 7) is 13.7. The summed E-state index contributed by atoms with van der Waals surface area (Å²) in [6, 6.07) is 0. The maximum absolute atomic E-state index is 10.7. The predicted molar refractivity (Wildman–Crippen MR) is 116 cm³/mol. The molecule has 162 valence electrons. The largest absolute Gasteiger partial charge is 0.390 e. The highest BCUT2D eigenvalue weighted by atomic mass is 16.3. The second kappa shape index (κ2) is 6.71. The van der Waals surface area contributed by atoms with Crippen LogP contribution in [0.15, 0.2) is 0 Å². The Labute approximate surface area is 173 Å². The van der Waals surface area contributed by atoms with Gasteiger partial charge in [0, 0.05) is 0 Å². The van der Waals surface area contributed by atoms with Crippen LogP contribution in [-0.2, 0) is 0 Å². The minimum atomic E-state index is -0.546. The van der Waals surface area contributed by atoms with Gasteiger partial charge in [-0.3, -0.25) is 0 Å². The van der Waals surface area contributed by atoms with E-state index in [0.29, 0.717) is 16.7 Å². The molecule has 0 aromatic carbocycles. The van der Waals surface area contributed by atoms with Gasteiger partial charge in [0.15, 0.2) is 0 Å². The van der Waals surface area contributed by atoms with E-state index in [2.05, 4.69) is 27.7 Å². The van der Waals surface area contributed by atoms with E-state index in [9.17, 15) is 10.2 Å². The maximum Gasteiger partial charge on any atom is 0.0622 e. The Balaban J connectivity index is 1.54. The lowest BCUT2D eigenvalue weighted by molar-refractivity contribution is -0.148. The minimum Gasteiger partial charge on any atom is -0.390 e. The van der Waals surface area contributed by atoms with Crippen LogP contribution in [0.25, 0.3) is 0 Å². The molecule has 0 saturated heterocycles. The predicted octanol–water partition coefficient (Wildman–Crippen LogP) is 6.19. The van der Waals surface area contributed by atoms with Crippen LogP contribution in [-0.4, -0.2) is 21.4 Å². The van der Waals surface area contributed by atoms with Crippen LogP contribution in [0.4, 0.5) is 0 Å². The van der Waals surface area contributed by atoms with Crippen LogP contribution in [0.2, 0.25) is 0 Å². The average Bonchev–Trinajstić information content (AvgIpc) is 2.91. The third-order valence-electron chi connectivity index (χ3n) is 10.5. The molecule has 0 amide bonds.